The van der Waals surface area contributed by atoms with Crippen LogP contribution in [-0.4, -0.2) is 36.1 Å². The molecular formula is C9H16N4. The summed E-state index contributed by atoms with van der Waals surface area (Å²) in [5.41, 5.74) is 1.13. The van der Waals surface area contributed by atoms with Crippen LogP contribution in [0.15, 0.2) is 6.20 Å². The lowest BCUT2D eigenvalue weighted by Crippen LogP contribution is -2.29. The topological polar surface area (TPSA) is 44.0 Å². The summed E-state index contributed by atoms with van der Waals surface area (Å²) in [7, 11) is 2.02. The fraction of sp³-hybridized carbons (Fsp3) is 0.667. The Balaban J connectivity index is 2.03. The van der Waals surface area contributed by atoms with Gasteiger partial charge in [-0.15, -0.1) is 0 Å². The van der Waals surface area contributed by atoms with Gasteiger partial charge in [0.25, 0.3) is 0 Å². The molecule has 72 valence electrons. The quantitative estimate of drug-likeness (QED) is 0.697. The van der Waals surface area contributed by atoms with E-state index in [0.717, 1.165) is 24.7 Å². The minimum Gasteiger partial charge on any atom is -0.341 e. The molecule has 4 nitrogen and oxygen atoms in total. The van der Waals surface area contributed by atoms with Crippen LogP contribution in [0.1, 0.15) is 12.1 Å². The van der Waals surface area contributed by atoms with E-state index in [0.29, 0.717) is 6.04 Å². The maximum absolute atomic E-state index is 4.31. The lowest BCUT2D eigenvalue weighted by atomic mass is 10.3. The van der Waals surface area contributed by atoms with Crippen LogP contribution in [-0.2, 0) is 0 Å². The summed E-state index contributed by atoms with van der Waals surface area (Å²) in [6.45, 7) is 4.18. The molecule has 1 aromatic rings. The second-order valence-corrected chi connectivity index (χ2v) is 3.61. The second-order valence-electron chi connectivity index (χ2n) is 3.61. The SMILES string of the molecule is CNC1CCN(c2ncc(C)[nH]2)C1. The van der Waals surface area contributed by atoms with E-state index in [1.807, 2.05) is 20.2 Å². The minimum atomic E-state index is 0.616. The first-order chi connectivity index (χ1) is 6.29. The van der Waals surface area contributed by atoms with Crippen LogP contribution in [0.4, 0.5) is 5.95 Å². The van der Waals surface area contributed by atoms with Gasteiger partial charge in [-0.3, -0.25) is 0 Å². The Morgan fingerprint density at radius 1 is 1.69 bits per heavy atom. The normalized spacial score (nSPS) is 22.6. The monoisotopic (exact) mass is 180 g/mol. The van der Waals surface area contributed by atoms with Gasteiger partial charge in [-0.1, -0.05) is 0 Å². The first-order valence-corrected chi connectivity index (χ1v) is 4.73. The second kappa shape index (κ2) is 3.38. The summed E-state index contributed by atoms with van der Waals surface area (Å²) in [5, 5.41) is 3.29. The average molecular weight is 180 g/mol. The number of rotatable bonds is 2. The van der Waals surface area contributed by atoms with Gasteiger partial charge in [-0.05, 0) is 20.4 Å². The third-order valence-corrected chi connectivity index (χ3v) is 2.59. The number of aryl methyl sites for hydroxylation is 1. The van der Waals surface area contributed by atoms with Crippen LogP contribution in [0.3, 0.4) is 0 Å². The maximum Gasteiger partial charge on any atom is 0.203 e. The average Bonchev–Trinajstić information content (AvgIpc) is 2.71. The van der Waals surface area contributed by atoms with E-state index < -0.39 is 0 Å². The van der Waals surface area contributed by atoms with Gasteiger partial charge >= 0.3 is 0 Å². The van der Waals surface area contributed by atoms with E-state index in [1.165, 1.54) is 6.42 Å². The Morgan fingerprint density at radius 2 is 2.54 bits per heavy atom. The van der Waals surface area contributed by atoms with Crippen molar-refractivity contribution in [2.45, 2.75) is 19.4 Å². The third kappa shape index (κ3) is 1.67. The molecule has 1 fully saturated rings. The largest absolute Gasteiger partial charge is 0.341 e. The molecular weight excluding hydrogens is 164 g/mol. The zero-order valence-electron chi connectivity index (χ0n) is 8.17. The van der Waals surface area contributed by atoms with E-state index in [1.54, 1.807) is 0 Å². The third-order valence-electron chi connectivity index (χ3n) is 2.59. The highest BCUT2D eigenvalue weighted by Gasteiger charge is 2.22. The molecule has 1 unspecified atom stereocenters. The summed E-state index contributed by atoms with van der Waals surface area (Å²) in [5.74, 6) is 1.01. The van der Waals surface area contributed by atoms with Crippen LogP contribution in [0.25, 0.3) is 0 Å². The number of hydrogen-bond donors (Lipinski definition) is 2. The van der Waals surface area contributed by atoms with E-state index in [2.05, 4.69) is 20.2 Å². The molecule has 2 rings (SSSR count). The first kappa shape index (κ1) is 8.56. The van der Waals surface area contributed by atoms with Crippen molar-refractivity contribution in [2.75, 3.05) is 25.0 Å². The van der Waals surface area contributed by atoms with Crippen molar-refractivity contribution in [3.05, 3.63) is 11.9 Å². The molecule has 1 aliphatic rings. The van der Waals surface area contributed by atoms with Crippen molar-refractivity contribution in [3.8, 4) is 0 Å². The van der Waals surface area contributed by atoms with Gasteiger partial charge in [-0.2, -0.15) is 0 Å². The number of aromatic nitrogens is 2. The highest BCUT2D eigenvalue weighted by atomic mass is 15.3. The molecule has 1 atom stereocenters. The van der Waals surface area contributed by atoms with Gasteiger partial charge < -0.3 is 15.2 Å². The highest BCUT2D eigenvalue weighted by Crippen LogP contribution is 2.16. The van der Waals surface area contributed by atoms with Gasteiger partial charge in [0.05, 0.1) is 0 Å². The Hall–Kier alpha value is -1.03. The van der Waals surface area contributed by atoms with Crippen molar-refractivity contribution >= 4 is 5.95 Å². The number of imidazole rings is 1. The van der Waals surface area contributed by atoms with E-state index in [4.69, 9.17) is 0 Å². The summed E-state index contributed by atoms with van der Waals surface area (Å²) in [6, 6.07) is 0.616. The predicted octanol–water partition coefficient (Wildman–Crippen LogP) is 0.516. The zero-order chi connectivity index (χ0) is 9.26. The minimum absolute atomic E-state index is 0.616. The van der Waals surface area contributed by atoms with Gasteiger partial charge in [0, 0.05) is 31.0 Å². The lowest BCUT2D eigenvalue weighted by Gasteiger charge is -2.14. The van der Waals surface area contributed by atoms with Crippen molar-refractivity contribution in [3.63, 3.8) is 0 Å². The van der Waals surface area contributed by atoms with E-state index in [9.17, 15) is 0 Å². The van der Waals surface area contributed by atoms with Gasteiger partial charge in [0.2, 0.25) is 5.95 Å². The predicted molar refractivity (Wildman–Crippen MR) is 53.0 cm³/mol. The lowest BCUT2D eigenvalue weighted by molar-refractivity contribution is 0.616. The Kier molecular flexibility index (Phi) is 2.22. The van der Waals surface area contributed by atoms with Crippen LogP contribution in [0.2, 0.25) is 0 Å². The van der Waals surface area contributed by atoms with Gasteiger partial charge in [0.15, 0.2) is 0 Å². The number of nitrogens with zero attached hydrogens (tertiary/aromatic N) is 2. The summed E-state index contributed by atoms with van der Waals surface area (Å²) >= 11 is 0. The molecule has 1 aromatic heterocycles. The van der Waals surface area contributed by atoms with Crippen LogP contribution < -0.4 is 10.2 Å². The van der Waals surface area contributed by atoms with Crippen LogP contribution in [0.5, 0.6) is 0 Å². The van der Waals surface area contributed by atoms with Crippen molar-refractivity contribution in [2.24, 2.45) is 0 Å². The number of nitrogens with one attached hydrogen (secondary N) is 2. The Labute approximate surface area is 78.4 Å². The zero-order valence-corrected chi connectivity index (χ0v) is 8.17. The molecule has 0 amide bonds. The Morgan fingerprint density at radius 3 is 3.08 bits per heavy atom. The van der Waals surface area contributed by atoms with Gasteiger partial charge in [0.1, 0.15) is 0 Å². The molecule has 1 aliphatic heterocycles. The molecule has 13 heavy (non-hydrogen) atoms. The van der Waals surface area contributed by atoms with E-state index >= 15 is 0 Å². The fourth-order valence-electron chi connectivity index (χ4n) is 1.75. The van der Waals surface area contributed by atoms with E-state index in [-0.39, 0.29) is 0 Å². The summed E-state index contributed by atoms with van der Waals surface area (Å²) < 4.78 is 0. The molecule has 2 N–H and O–H groups in total. The van der Waals surface area contributed by atoms with Crippen LogP contribution >= 0.6 is 0 Å². The fourth-order valence-corrected chi connectivity index (χ4v) is 1.75. The van der Waals surface area contributed by atoms with Crippen LogP contribution in [0, 0.1) is 6.92 Å². The summed E-state index contributed by atoms with van der Waals surface area (Å²) in [6.07, 6.45) is 3.08. The number of likely N-dealkylation sites (N-methyl/N-ethyl adjacent to an activating group) is 1. The molecule has 0 aromatic carbocycles. The molecule has 1 saturated heterocycles. The number of hydrogen-bond acceptors (Lipinski definition) is 3. The molecule has 4 heteroatoms. The molecule has 0 aliphatic carbocycles. The molecule has 2 heterocycles. The number of aromatic amines is 1. The number of anilines is 1. The maximum atomic E-state index is 4.31. The summed E-state index contributed by atoms with van der Waals surface area (Å²) in [4.78, 5) is 9.84. The first-order valence-electron chi connectivity index (χ1n) is 4.73. The molecule has 0 saturated carbocycles. The number of H-pyrrole nitrogens is 1. The molecule has 0 spiro atoms. The smallest absolute Gasteiger partial charge is 0.203 e. The highest BCUT2D eigenvalue weighted by molar-refractivity contribution is 5.33. The molecule has 0 bridgehead atoms. The Bertz CT molecular complexity index is 281. The standard InChI is InChI=1S/C9H16N4/c1-7-5-11-9(12-7)13-4-3-8(6-13)10-2/h5,8,10H,3-4,6H2,1-2H3,(H,11,12). The molecule has 0 radical (unpaired) electrons. The van der Waals surface area contributed by atoms with Crippen molar-refractivity contribution in [1.29, 1.82) is 0 Å². The van der Waals surface area contributed by atoms with Crippen molar-refractivity contribution in [1.82, 2.24) is 15.3 Å². The van der Waals surface area contributed by atoms with Gasteiger partial charge in [-0.25, -0.2) is 4.98 Å². The van der Waals surface area contributed by atoms with Crippen molar-refractivity contribution < 1.29 is 0 Å².